The third-order valence-electron chi connectivity index (χ3n) is 6.42. The van der Waals surface area contributed by atoms with E-state index in [1.807, 2.05) is 30.3 Å². The first kappa shape index (κ1) is 27.2. The fourth-order valence-electron chi connectivity index (χ4n) is 4.28. The van der Waals surface area contributed by atoms with E-state index in [0.29, 0.717) is 17.9 Å². The zero-order valence-corrected chi connectivity index (χ0v) is 21.1. The van der Waals surface area contributed by atoms with Crippen LogP contribution in [0.25, 0.3) is 0 Å². The summed E-state index contributed by atoms with van der Waals surface area (Å²) in [6, 6.07) is 16.5. The molecule has 184 valence electrons. The lowest BCUT2D eigenvalue weighted by Crippen LogP contribution is -2.31. The minimum atomic E-state index is -0.570. The van der Waals surface area contributed by atoms with E-state index in [0.717, 1.165) is 49.9 Å². The Bertz CT molecular complexity index is 967. The van der Waals surface area contributed by atoms with Gasteiger partial charge in [0.1, 0.15) is 0 Å². The average molecular weight is 467 g/mol. The van der Waals surface area contributed by atoms with Gasteiger partial charge in [-0.2, -0.15) is 5.26 Å². The summed E-state index contributed by atoms with van der Waals surface area (Å²) < 4.78 is 15.6. The summed E-state index contributed by atoms with van der Waals surface area (Å²) in [6.45, 7) is 5.97. The molecule has 0 radical (unpaired) electrons. The number of nitrogens with one attached hydrogen (secondary N) is 1. The standard InChI is InChI=1S/C28H38N2O4/c1-21(2)28(20-29,24-11-12-25(32-3)26(19-24)33-4)14-6-7-15-30-16-13-22-9-8-10-23(17-22)18-27(31)34-5/h8-12,17,19,21,30H,6-7,13-16,18H2,1-5H3. The Morgan fingerprint density at radius 1 is 1.00 bits per heavy atom. The molecular weight excluding hydrogens is 428 g/mol. The van der Waals surface area contributed by atoms with Gasteiger partial charge in [-0.15, -0.1) is 0 Å². The molecule has 0 saturated heterocycles. The van der Waals surface area contributed by atoms with E-state index in [2.05, 4.69) is 37.4 Å². The van der Waals surface area contributed by atoms with Crippen molar-refractivity contribution in [3.8, 4) is 17.6 Å². The van der Waals surface area contributed by atoms with Crippen molar-refractivity contribution in [2.75, 3.05) is 34.4 Å². The number of unbranched alkanes of at least 4 members (excludes halogenated alkanes) is 1. The second kappa shape index (κ2) is 13.6. The molecule has 34 heavy (non-hydrogen) atoms. The maximum Gasteiger partial charge on any atom is 0.309 e. The first-order valence-corrected chi connectivity index (χ1v) is 11.9. The van der Waals surface area contributed by atoms with Gasteiger partial charge in [-0.1, -0.05) is 50.6 Å². The lowest BCUT2D eigenvalue weighted by molar-refractivity contribution is -0.139. The van der Waals surface area contributed by atoms with Crippen molar-refractivity contribution in [2.24, 2.45) is 5.92 Å². The molecule has 0 bridgehead atoms. The fourth-order valence-corrected chi connectivity index (χ4v) is 4.28. The van der Waals surface area contributed by atoms with Crippen LogP contribution in [0.5, 0.6) is 11.5 Å². The molecule has 1 atom stereocenters. The number of hydrogen-bond donors (Lipinski definition) is 1. The SMILES string of the molecule is COC(=O)Cc1cccc(CCNCCCCC(C#N)(c2ccc(OC)c(OC)c2)C(C)C)c1. The third kappa shape index (κ3) is 7.23. The van der Waals surface area contributed by atoms with Gasteiger partial charge in [-0.3, -0.25) is 4.79 Å². The molecule has 2 aromatic rings. The van der Waals surface area contributed by atoms with Crippen molar-refractivity contribution < 1.29 is 19.0 Å². The molecule has 0 aliphatic rings. The zero-order valence-electron chi connectivity index (χ0n) is 21.1. The van der Waals surface area contributed by atoms with Crippen LogP contribution in [0.4, 0.5) is 0 Å². The van der Waals surface area contributed by atoms with Crippen LogP contribution >= 0.6 is 0 Å². The molecule has 0 aliphatic heterocycles. The molecule has 2 rings (SSSR count). The van der Waals surface area contributed by atoms with Crippen LogP contribution in [0.3, 0.4) is 0 Å². The Kier molecular flexibility index (Phi) is 10.9. The summed E-state index contributed by atoms with van der Waals surface area (Å²) >= 11 is 0. The predicted octanol–water partition coefficient (Wildman–Crippen LogP) is 4.84. The Morgan fingerprint density at radius 3 is 2.38 bits per heavy atom. The molecule has 0 aromatic heterocycles. The van der Waals surface area contributed by atoms with Crippen LogP contribution in [0.15, 0.2) is 42.5 Å². The minimum absolute atomic E-state index is 0.167. The summed E-state index contributed by atoms with van der Waals surface area (Å²) in [5, 5.41) is 13.7. The maximum absolute atomic E-state index is 11.5. The number of carbonyl (C=O) groups is 1. The highest BCUT2D eigenvalue weighted by atomic mass is 16.5. The number of nitrogens with zero attached hydrogens (tertiary/aromatic N) is 1. The Balaban J connectivity index is 1.86. The van der Waals surface area contributed by atoms with Crippen molar-refractivity contribution in [1.29, 1.82) is 5.26 Å². The van der Waals surface area contributed by atoms with Crippen LogP contribution in [0.2, 0.25) is 0 Å². The van der Waals surface area contributed by atoms with Crippen molar-refractivity contribution in [2.45, 2.75) is 51.4 Å². The quantitative estimate of drug-likeness (QED) is 0.317. The molecule has 0 fully saturated rings. The Hall–Kier alpha value is -3.04. The number of rotatable bonds is 14. The van der Waals surface area contributed by atoms with Gasteiger partial charge in [0.15, 0.2) is 11.5 Å². The normalized spacial score (nSPS) is 12.6. The van der Waals surface area contributed by atoms with Gasteiger partial charge >= 0.3 is 5.97 Å². The third-order valence-corrected chi connectivity index (χ3v) is 6.42. The van der Waals surface area contributed by atoms with E-state index < -0.39 is 5.41 Å². The lowest BCUT2D eigenvalue weighted by Gasteiger charge is -2.32. The molecule has 2 aromatic carbocycles. The van der Waals surface area contributed by atoms with Gasteiger partial charge < -0.3 is 19.5 Å². The molecule has 0 saturated carbocycles. The van der Waals surface area contributed by atoms with E-state index in [-0.39, 0.29) is 11.9 Å². The van der Waals surface area contributed by atoms with Crippen LogP contribution in [0, 0.1) is 17.2 Å². The molecule has 1 unspecified atom stereocenters. The molecule has 0 spiro atoms. The number of hydrogen-bond acceptors (Lipinski definition) is 6. The monoisotopic (exact) mass is 466 g/mol. The largest absolute Gasteiger partial charge is 0.493 e. The van der Waals surface area contributed by atoms with Gasteiger partial charge in [0.2, 0.25) is 0 Å². The van der Waals surface area contributed by atoms with E-state index in [1.165, 1.54) is 12.7 Å². The van der Waals surface area contributed by atoms with Gasteiger partial charge in [0.25, 0.3) is 0 Å². The second-order valence-corrected chi connectivity index (χ2v) is 8.84. The van der Waals surface area contributed by atoms with E-state index >= 15 is 0 Å². The molecule has 0 heterocycles. The maximum atomic E-state index is 11.5. The smallest absolute Gasteiger partial charge is 0.309 e. The van der Waals surface area contributed by atoms with E-state index in [9.17, 15) is 10.1 Å². The van der Waals surface area contributed by atoms with Crippen LogP contribution in [-0.4, -0.2) is 40.4 Å². The molecule has 1 N–H and O–H groups in total. The summed E-state index contributed by atoms with van der Waals surface area (Å²) in [5.74, 6) is 1.26. The molecule has 0 aliphatic carbocycles. The van der Waals surface area contributed by atoms with Crippen molar-refractivity contribution in [3.05, 3.63) is 59.2 Å². The highest BCUT2D eigenvalue weighted by Crippen LogP contribution is 2.40. The number of ether oxygens (including phenoxy) is 3. The predicted molar refractivity (Wildman–Crippen MR) is 134 cm³/mol. The van der Waals surface area contributed by atoms with Gasteiger partial charge in [0, 0.05) is 0 Å². The Labute approximate surface area is 204 Å². The van der Waals surface area contributed by atoms with Crippen molar-refractivity contribution in [3.63, 3.8) is 0 Å². The van der Waals surface area contributed by atoms with Crippen LogP contribution in [0.1, 0.15) is 49.8 Å². The average Bonchev–Trinajstić information content (AvgIpc) is 2.85. The zero-order chi connectivity index (χ0) is 25.0. The summed E-state index contributed by atoms with van der Waals surface area (Å²) in [4.78, 5) is 11.5. The number of nitriles is 1. The number of carbonyl (C=O) groups excluding carboxylic acids is 1. The van der Waals surface area contributed by atoms with Gasteiger partial charge in [-0.25, -0.2) is 0 Å². The lowest BCUT2D eigenvalue weighted by atomic mass is 9.69. The number of methoxy groups -OCH3 is 3. The minimum Gasteiger partial charge on any atom is -0.493 e. The summed E-state index contributed by atoms with van der Waals surface area (Å²) in [5.41, 5.74) is 2.58. The summed E-state index contributed by atoms with van der Waals surface area (Å²) in [6.07, 6.45) is 3.92. The molecular formula is C28H38N2O4. The molecule has 0 amide bonds. The van der Waals surface area contributed by atoms with Crippen LogP contribution in [-0.2, 0) is 27.8 Å². The van der Waals surface area contributed by atoms with Gasteiger partial charge in [0.05, 0.1) is 39.2 Å². The van der Waals surface area contributed by atoms with Crippen LogP contribution < -0.4 is 14.8 Å². The van der Waals surface area contributed by atoms with Crippen molar-refractivity contribution >= 4 is 5.97 Å². The summed E-state index contributed by atoms with van der Waals surface area (Å²) in [7, 11) is 4.64. The first-order valence-electron chi connectivity index (χ1n) is 11.9. The second-order valence-electron chi connectivity index (χ2n) is 8.84. The first-order chi connectivity index (χ1) is 16.4. The Morgan fingerprint density at radius 2 is 1.74 bits per heavy atom. The number of benzene rings is 2. The van der Waals surface area contributed by atoms with Gasteiger partial charge in [-0.05, 0) is 67.1 Å². The van der Waals surface area contributed by atoms with Crippen molar-refractivity contribution in [1.82, 2.24) is 5.32 Å². The highest BCUT2D eigenvalue weighted by molar-refractivity contribution is 5.72. The topological polar surface area (TPSA) is 80.6 Å². The fraction of sp³-hybridized carbons (Fsp3) is 0.500. The molecule has 6 heteroatoms. The van der Waals surface area contributed by atoms with E-state index in [1.54, 1.807) is 14.2 Å². The highest BCUT2D eigenvalue weighted by Gasteiger charge is 2.36. The number of esters is 1. The molecule has 6 nitrogen and oxygen atoms in total. The van der Waals surface area contributed by atoms with E-state index in [4.69, 9.17) is 14.2 Å².